The summed E-state index contributed by atoms with van der Waals surface area (Å²) in [6.07, 6.45) is 3.71. The van der Waals surface area contributed by atoms with Crippen molar-refractivity contribution >= 4 is 0 Å². The number of ether oxygens (including phenoxy) is 1. The number of benzene rings is 2. The maximum atomic E-state index is 9.06. The van der Waals surface area contributed by atoms with Crippen molar-refractivity contribution in [3.05, 3.63) is 71.5 Å². The summed E-state index contributed by atoms with van der Waals surface area (Å²) in [5, 5.41) is 9.06. The molecule has 3 aromatic rings. The molecule has 1 aliphatic heterocycles. The second-order valence-electron chi connectivity index (χ2n) is 5.26. The van der Waals surface area contributed by atoms with Gasteiger partial charge in [0.2, 0.25) is 0 Å². The zero-order valence-electron chi connectivity index (χ0n) is 11.9. The fourth-order valence-corrected chi connectivity index (χ4v) is 2.76. The first kappa shape index (κ1) is 12.8. The molecule has 2 heterocycles. The van der Waals surface area contributed by atoms with Crippen molar-refractivity contribution in [3.63, 3.8) is 0 Å². The van der Waals surface area contributed by atoms with Gasteiger partial charge in [-0.15, -0.1) is 0 Å². The van der Waals surface area contributed by atoms with Gasteiger partial charge in [-0.25, -0.2) is 4.98 Å². The highest BCUT2D eigenvalue weighted by molar-refractivity contribution is 5.61. The summed E-state index contributed by atoms with van der Waals surface area (Å²) in [7, 11) is 0. The average Bonchev–Trinajstić information content (AvgIpc) is 3.23. The Balaban J connectivity index is 1.81. The predicted molar refractivity (Wildman–Crippen MR) is 82.2 cm³/mol. The maximum Gasteiger partial charge on any atom is 0.144 e. The Morgan fingerprint density at radius 1 is 1.09 bits per heavy atom. The normalized spacial score (nSPS) is 12.9. The van der Waals surface area contributed by atoms with Crippen LogP contribution in [-0.2, 0) is 18.0 Å². The van der Waals surface area contributed by atoms with E-state index in [0.717, 1.165) is 17.1 Å². The molecule has 0 fully saturated rings. The molecule has 4 rings (SSSR count). The Labute approximate surface area is 128 Å². The van der Waals surface area contributed by atoms with Gasteiger partial charge in [-0.3, -0.25) is 4.57 Å². The smallest absolute Gasteiger partial charge is 0.144 e. The Bertz CT molecular complexity index is 889. The zero-order valence-corrected chi connectivity index (χ0v) is 11.9. The second-order valence-corrected chi connectivity index (χ2v) is 5.26. The van der Waals surface area contributed by atoms with Crippen LogP contribution in [0.25, 0.3) is 17.1 Å². The summed E-state index contributed by atoms with van der Waals surface area (Å²) in [4.78, 5) is 4.45. The first-order chi connectivity index (χ1) is 10.8. The van der Waals surface area contributed by atoms with Gasteiger partial charge in [-0.1, -0.05) is 18.2 Å². The maximum absolute atomic E-state index is 9.06. The Morgan fingerprint density at radius 2 is 2.00 bits per heavy atom. The van der Waals surface area contributed by atoms with E-state index in [9.17, 15) is 0 Å². The van der Waals surface area contributed by atoms with Crippen LogP contribution in [-0.4, -0.2) is 9.55 Å². The highest BCUT2D eigenvalue weighted by Crippen LogP contribution is 2.26. The lowest BCUT2D eigenvalue weighted by atomic mass is 10.1. The number of rotatable bonds is 2. The number of imidazole rings is 1. The monoisotopic (exact) mass is 287 g/mol. The summed E-state index contributed by atoms with van der Waals surface area (Å²) in [6, 6.07) is 16.0. The van der Waals surface area contributed by atoms with Crippen molar-refractivity contribution in [2.75, 3.05) is 0 Å². The molecule has 0 amide bonds. The minimum atomic E-state index is 0.634. The van der Waals surface area contributed by atoms with Gasteiger partial charge < -0.3 is 4.74 Å². The molecule has 0 saturated carbocycles. The molecule has 22 heavy (non-hydrogen) atoms. The van der Waals surface area contributed by atoms with Gasteiger partial charge in [0.05, 0.1) is 24.8 Å². The lowest BCUT2D eigenvalue weighted by molar-refractivity contribution is 0.134. The number of nitriles is 1. The standard InChI is InChI=1S/C18H13N3O/c19-10-13-2-1-3-14(8-13)18-20-6-7-21(18)17-5-4-15-11-22-12-16(15)9-17/h1-9H,11-12H2. The predicted octanol–water partition coefficient (Wildman–Crippen LogP) is 3.44. The number of aromatic nitrogens is 2. The molecule has 1 aromatic heterocycles. The van der Waals surface area contributed by atoms with Gasteiger partial charge in [-0.2, -0.15) is 5.26 Å². The SMILES string of the molecule is N#Cc1cccc(-c2nccn2-c2ccc3c(c2)COC3)c1. The van der Waals surface area contributed by atoms with E-state index in [4.69, 9.17) is 10.00 Å². The summed E-state index contributed by atoms with van der Waals surface area (Å²) in [6.45, 7) is 1.35. The molecular weight excluding hydrogens is 274 g/mol. The molecular formula is C18H13N3O. The van der Waals surface area contributed by atoms with Crippen LogP contribution in [0.5, 0.6) is 0 Å². The number of hydrogen-bond donors (Lipinski definition) is 0. The van der Waals surface area contributed by atoms with Crippen LogP contribution in [0.4, 0.5) is 0 Å². The van der Waals surface area contributed by atoms with Crippen LogP contribution >= 0.6 is 0 Å². The minimum absolute atomic E-state index is 0.634. The molecule has 4 heteroatoms. The fourth-order valence-electron chi connectivity index (χ4n) is 2.76. The number of nitrogens with zero attached hydrogens (tertiary/aromatic N) is 3. The van der Waals surface area contributed by atoms with E-state index in [2.05, 4.69) is 29.3 Å². The van der Waals surface area contributed by atoms with E-state index in [-0.39, 0.29) is 0 Å². The summed E-state index contributed by atoms with van der Waals surface area (Å²) in [5.74, 6) is 0.830. The van der Waals surface area contributed by atoms with Crippen molar-refractivity contribution < 1.29 is 4.74 Å². The summed E-state index contributed by atoms with van der Waals surface area (Å²) >= 11 is 0. The summed E-state index contributed by atoms with van der Waals surface area (Å²) in [5.41, 5.74) is 5.09. The largest absolute Gasteiger partial charge is 0.372 e. The number of fused-ring (bicyclic) bond motifs is 1. The first-order valence-corrected chi connectivity index (χ1v) is 7.09. The zero-order chi connectivity index (χ0) is 14.9. The van der Waals surface area contributed by atoms with Gasteiger partial charge in [0.15, 0.2) is 0 Å². The van der Waals surface area contributed by atoms with Gasteiger partial charge in [0.25, 0.3) is 0 Å². The highest BCUT2D eigenvalue weighted by Gasteiger charge is 2.14. The van der Waals surface area contributed by atoms with Crippen LogP contribution < -0.4 is 0 Å². The topological polar surface area (TPSA) is 50.8 Å². The van der Waals surface area contributed by atoms with Crippen LogP contribution in [0.2, 0.25) is 0 Å². The first-order valence-electron chi connectivity index (χ1n) is 7.09. The molecule has 106 valence electrons. The van der Waals surface area contributed by atoms with E-state index in [1.54, 1.807) is 12.3 Å². The lowest BCUT2D eigenvalue weighted by Crippen LogP contribution is -1.98. The fraction of sp³-hybridized carbons (Fsp3) is 0.111. The second kappa shape index (κ2) is 5.14. The Kier molecular flexibility index (Phi) is 2.99. The molecule has 0 aliphatic carbocycles. The quantitative estimate of drug-likeness (QED) is 0.725. The lowest BCUT2D eigenvalue weighted by Gasteiger charge is -2.09. The van der Waals surface area contributed by atoms with Crippen molar-refractivity contribution in [1.82, 2.24) is 9.55 Å². The summed E-state index contributed by atoms with van der Waals surface area (Å²) < 4.78 is 7.51. The average molecular weight is 287 g/mol. The number of hydrogen-bond acceptors (Lipinski definition) is 3. The molecule has 0 bridgehead atoms. The van der Waals surface area contributed by atoms with E-state index >= 15 is 0 Å². The van der Waals surface area contributed by atoms with E-state index in [1.165, 1.54) is 11.1 Å². The molecule has 0 radical (unpaired) electrons. The molecule has 1 aliphatic rings. The molecule has 0 N–H and O–H groups in total. The third kappa shape index (κ3) is 2.09. The van der Waals surface area contributed by atoms with Gasteiger partial charge in [-0.05, 0) is 35.4 Å². The van der Waals surface area contributed by atoms with Crippen LogP contribution in [0.3, 0.4) is 0 Å². The Hall–Kier alpha value is -2.90. The molecule has 4 nitrogen and oxygen atoms in total. The van der Waals surface area contributed by atoms with Crippen molar-refractivity contribution in [1.29, 1.82) is 5.26 Å². The third-order valence-corrected chi connectivity index (χ3v) is 3.87. The Morgan fingerprint density at radius 3 is 2.91 bits per heavy atom. The molecule has 2 aromatic carbocycles. The highest BCUT2D eigenvalue weighted by atomic mass is 16.5. The van der Waals surface area contributed by atoms with Gasteiger partial charge >= 0.3 is 0 Å². The van der Waals surface area contributed by atoms with Crippen LogP contribution in [0.15, 0.2) is 54.9 Å². The van der Waals surface area contributed by atoms with E-state index < -0.39 is 0 Å². The third-order valence-electron chi connectivity index (χ3n) is 3.87. The van der Waals surface area contributed by atoms with Crippen LogP contribution in [0, 0.1) is 11.3 Å². The van der Waals surface area contributed by atoms with E-state index in [0.29, 0.717) is 18.8 Å². The van der Waals surface area contributed by atoms with Gasteiger partial charge in [0, 0.05) is 23.6 Å². The van der Waals surface area contributed by atoms with E-state index in [1.807, 2.05) is 29.0 Å². The van der Waals surface area contributed by atoms with Crippen molar-refractivity contribution in [2.45, 2.75) is 13.2 Å². The minimum Gasteiger partial charge on any atom is -0.372 e. The molecule has 0 atom stereocenters. The molecule has 0 spiro atoms. The van der Waals surface area contributed by atoms with Crippen molar-refractivity contribution in [2.24, 2.45) is 0 Å². The van der Waals surface area contributed by atoms with Gasteiger partial charge in [0.1, 0.15) is 5.82 Å². The molecule has 0 saturated heterocycles. The van der Waals surface area contributed by atoms with Crippen LogP contribution in [0.1, 0.15) is 16.7 Å². The molecule has 0 unspecified atom stereocenters. The van der Waals surface area contributed by atoms with Crippen molar-refractivity contribution in [3.8, 4) is 23.1 Å².